The number of phenolic OH excluding ortho intramolecular Hbond substituents is 8. The minimum absolute atomic E-state index is 0.0480. The minimum atomic E-state index is -0.986. The average Bonchev–Trinajstić information content (AvgIpc) is 3.32. The van der Waals surface area contributed by atoms with Gasteiger partial charge in [0.15, 0.2) is 0 Å². The summed E-state index contributed by atoms with van der Waals surface area (Å²) in [6, 6.07) is 18.2. The quantitative estimate of drug-likeness (QED) is 0.0708. The highest BCUT2D eigenvalue weighted by Crippen LogP contribution is 2.56. The maximum atomic E-state index is 14.4. The predicted molar refractivity (Wildman–Crippen MR) is 275 cm³/mol. The predicted octanol–water partition coefficient (Wildman–Crippen LogP) is 11.0. The fourth-order valence-electron chi connectivity index (χ4n) is 11.6. The minimum Gasteiger partial charge on any atom is -0.508 e. The van der Waals surface area contributed by atoms with Gasteiger partial charge in [-0.05, 0) is 107 Å². The van der Waals surface area contributed by atoms with E-state index in [-0.39, 0.29) is 96.6 Å². The zero-order valence-corrected chi connectivity index (χ0v) is 41.7. The van der Waals surface area contributed by atoms with E-state index in [1.165, 1.54) is 52.7 Å². The smallest absolute Gasteiger partial charge is 0.201 e. The molecule has 8 aromatic carbocycles. The van der Waals surface area contributed by atoms with Crippen molar-refractivity contribution in [3.8, 4) is 91.2 Å². The highest BCUT2D eigenvalue weighted by atomic mass is 16.5. The van der Waals surface area contributed by atoms with Gasteiger partial charge in [-0.1, -0.05) is 27.7 Å². The second-order valence-electron chi connectivity index (χ2n) is 19.9. The van der Waals surface area contributed by atoms with E-state index in [1.807, 2.05) is 27.7 Å². The number of hydrogen-bond donors (Lipinski definition) is 8. The second kappa shape index (κ2) is 16.4. The maximum absolute atomic E-state index is 14.4. The number of benzene rings is 8. The van der Waals surface area contributed by atoms with E-state index in [9.17, 15) is 50.4 Å². The highest BCUT2D eigenvalue weighted by molar-refractivity contribution is 6.22. The van der Waals surface area contributed by atoms with Crippen molar-refractivity contribution in [1.82, 2.24) is 0 Å². The molecule has 0 saturated carbocycles. The SMILES string of the molecule is COc1cc(-c2c(O)cc(OC)c(Cc3c(OC)cc(O)c(-c4cc(OC)cc5cc6c(c(O)c45)C(=O)c4c(O)cc(O)cc4C6(C)C)c3C)c2C)c2c(O)c3c(cc2c1)C(C)(C)c1cc(O)cc(O)c1C3=O. The molecule has 0 saturated heterocycles. The summed E-state index contributed by atoms with van der Waals surface area (Å²) in [7, 11) is 5.88. The Kier molecular flexibility index (Phi) is 10.7. The van der Waals surface area contributed by atoms with Gasteiger partial charge in [0, 0.05) is 85.7 Å². The Hall–Kier alpha value is -8.78. The van der Waals surface area contributed by atoms with Crippen molar-refractivity contribution in [3.63, 3.8) is 0 Å². The fourth-order valence-corrected chi connectivity index (χ4v) is 11.6. The third-order valence-corrected chi connectivity index (χ3v) is 15.3. The lowest BCUT2D eigenvalue weighted by Gasteiger charge is -2.35. The van der Waals surface area contributed by atoms with Gasteiger partial charge < -0.3 is 59.8 Å². The first-order chi connectivity index (χ1) is 34.5. The van der Waals surface area contributed by atoms with E-state index in [4.69, 9.17) is 18.9 Å². The van der Waals surface area contributed by atoms with Gasteiger partial charge in [0.1, 0.15) is 69.0 Å². The molecule has 0 heterocycles. The number of carbonyl (C=O) groups is 2. The van der Waals surface area contributed by atoms with Crippen LogP contribution < -0.4 is 18.9 Å². The molecule has 0 radical (unpaired) electrons. The van der Waals surface area contributed by atoms with Crippen LogP contribution in [0.4, 0.5) is 0 Å². The van der Waals surface area contributed by atoms with Gasteiger partial charge in [-0.3, -0.25) is 9.59 Å². The van der Waals surface area contributed by atoms with Crippen molar-refractivity contribution in [3.05, 3.63) is 140 Å². The Morgan fingerprint density at radius 2 is 0.753 bits per heavy atom. The summed E-state index contributed by atoms with van der Waals surface area (Å²) in [5.41, 5.74) is 2.74. The van der Waals surface area contributed by atoms with Crippen LogP contribution in [0.25, 0.3) is 43.8 Å². The van der Waals surface area contributed by atoms with Gasteiger partial charge >= 0.3 is 0 Å². The van der Waals surface area contributed by atoms with Crippen molar-refractivity contribution >= 4 is 33.1 Å². The largest absolute Gasteiger partial charge is 0.508 e. The number of rotatable bonds is 8. The second-order valence-corrected chi connectivity index (χ2v) is 19.9. The number of hydrogen-bond acceptors (Lipinski definition) is 14. The number of methoxy groups -OCH3 is 4. The fraction of sp³-hybridized carbons (Fsp3) is 0.220. The summed E-state index contributed by atoms with van der Waals surface area (Å²) in [4.78, 5) is 28.8. The maximum Gasteiger partial charge on any atom is 0.201 e. The van der Waals surface area contributed by atoms with Crippen LogP contribution in [0, 0.1) is 13.8 Å². The molecule has 0 fully saturated rings. The Morgan fingerprint density at radius 1 is 0.411 bits per heavy atom. The summed E-state index contributed by atoms with van der Waals surface area (Å²) < 4.78 is 23.5. The van der Waals surface area contributed by atoms with Crippen LogP contribution in [-0.2, 0) is 17.3 Å². The molecule has 0 amide bonds. The molecule has 0 unspecified atom stereocenters. The lowest BCUT2D eigenvalue weighted by molar-refractivity contribution is 0.101. The van der Waals surface area contributed by atoms with Gasteiger partial charge in [0.2, 0.25) is 11.6 Å². The molecule has 73 heavy (non-hydrogen) atoms. The molecule has 0 aliphatic heterocycles. The third kappa shape index (κ3) is 6.76. The van der Waals surface area contributed by atoms with Crippen molar-refractivity contribution in [2.45, 2.75) is 58.8 Å². The molecule has 10 rings (SSSR count). The Bertz CT molecular complexity index is 3560. The van der Waals surface area contributed by atoms with Gasteiger partial charge in [-0.15, -0.1) is 0 Å². The first kappa shape index (κ1) is 47.9. The van der Waals surface area contributed by atoms with E-state index >= 15 is 0 Å². The molecule has 372 valence electrons. The molecule has 8 N–H and O–H groups in total. The average molecular weight is 985 g/mol. The van der Waals surface area contributed by atoms with E-state index in [2.05, 4.69) is 0 Å². The van der Waals surface area contributed by atoms with Crippen molar-refractivity contribution in [1.29, 1.82) is 0 Å². The number of carbonyl (C=O) groups excluding carboxylic acids is 2. The van der Waals surface area contributed by atoms with Crippen LogP contribution in [0.5, 0.6) is 69.0 Å². The number of ether oxygens (including phenoxy) is 4. The number of fused-ring (bicyclic) bond motifs is 6. The van der Waals surface area contributed by atoms with Crippen LogP contribution in [0.1, 0.15) is 104 Å². The first-order valence-corrected chi connectivity index (χ1v) is 23.3. The summed E-state index contributed by atoms with van der Waals surface area (Å²) in [5, 5.41) is 93.2. The number of phenols is 8. The van der Waals surface area contributed by atoms with Crippen molar-refractivity contribution in [2.75, 3.05) is 28.4 Å². The zero-order valence-electron chi connectivity index (χ0n) is 41.7. The van der Waals surface area contributed by atoms with E-state index in [0.717, 1.165) is 12.1 Å². The van der Waals surface area contributed by atoms with Gasteiger partial charge in [0.05, 0.1) is 50.7 Å². The topological polar surface area (TPSA) is 233 Å². The van der Waals surface area contributed by atoms with Crippen molar-refractivity contribution < 1.29 is 69.4 Å². The molecule has 0 spiro atoms. The Labute approximate surface area is 419 Å². The molecule has 2 aliphatic rings. The lowest BCUT2D eigenvalue weighted by atomic mass is 9.67. The number of ketones is 2. The molecule has 0 aromatic heterocycles. The third-order valence-electron chi connectivity index (χ3n) is 15.3. The van der Waals surface area contributed by atoms with Gasteiger partial charge in [-0.25, -0.2) is 0 Å². The Balaban J connectivity index is 1.19. The van der Waals surface area contributed by atoms with Crippen LogP contribution in [-0.4, -0.2) is 80.9 Å². The molecular weight excluding hydrogens is 933 g/mol. The number of aromatic hydroxyl groups is 8. The molecular formula is C59H52O14. The normalized spacial score (nSPS) is 14.1. The highest BCUT2D eigenvalue weighted by Gasteiger charge is 2.44. The summed E-state index contributed by atoms with van der Waals surface area (Å²) >= 11 is 0. The Morgan fingerprint density at radius 3 is 1.10 bits per heavy atom. The molecule has 2 aliphatic carbocycles. The van der Waals surface area contributed by atoms with E-state index in [1.54, 1.807) is 50.2 Å². The molecule has 0 bridgehead atoms. The first-order valence-electron chi connectivity index (χ1n) is 23.3. The monoisotopic (exact) mass is 984 g/mol. The van der Waals surface area contributed by atoms with Crippen LogP contribution in [0.15, 0.2) is 72.8 Å². The van der Waals surface area contributed by atoms with Crippen LogP contribution >= 0.6 is 0 Å². The van der Waals surface area contributed by atoms with Crippen LogP contribution in [0.2, 0.25) is 0 Å². The summed E-state index contributed by atoms with van der Waals surface area (Å²) in [6.45, 7) is 10.9. The lowest BCUT2D eigenvalue weighted by Crippen LogP contribution is -2.30. The molecule has 8 aromatic rings. The zero-order chi connectivity index (χ0) is 52.7. The van der Waals surface area contributed by atoms with E-state index < -0.39 is 33.9 Å². The molecule has 14 nitrogen and oxygen atoms in total. The summed E-state index contributed by atoms with van der Waals surface area (Å²) in [6.07, 6.45) is 0.0578. The van der Waals surface area contributed by atoms with Crippen molar-refractivity contribution in [2.24, 2.45) is 0 Å². The van der Waals surface area contributed by atoms with Crippen LogP contribution in [0.3, 0.4) is 0 Å². The van der Waals surface area contributed by atoms with Gasteiger partial charge in [-0.2, -0.15) is 0 Å². The van der Waals surface area contributed by atoms with Gasteiger partial charge in [0.25, 0.3) is 0 Å². The summed E-state index contributed by atoms with van der Waals surface area (Å²) in [5.74, 6) is -2.54. The molecule has 14 heteroatoms. The standard InChI is InChI=1S/C59H52O14/c1-24-32(44(72-9)22-42(64)46(24)34-19-30(70-7)11-26-13-36-52(54(66)48(26)34)56(68)50-38(58(36,3)4)15-28(60)17-40(50)62)21-33-25(2)47(43(65)23-45(33)73-10)35-20-31(71-8)12-27-14-37-53(55(67)49(27)35)57(69)51-39(59(37,5)6)16-29(61)18-41(51)63/h11-20,22-23,60-67H,21H2,1-10H3. The van der Waals surface area contributed by atoms with E-state index in [0.29, 0.717) is 77.9 Å². The molecule has 0 atom stereocenters.